The number of thioether (sulfide) groups is 1. The summed E-state index contributed by atoms with van der Waals surface area (Å²) in [6, 6.07) is 10.7. The predicted molar refractivity (Wildman–Crippen MR) is 111 cm³/mol. The molecular weight excluding hydrogens is 394 g/mol. The van der Waals surface area contributed by atoms with Crippen molar-refractivity contribution in [1.82, 2.24) is 4.90 Å². The Hall–Kier alpha value is -3.13. The van der Waals surface area contributed by atoms with Crippen LogP contribution in [0.25, 0.3) is 6.08 Å². The average Bonchev–Trinajstić information content (AvgIpc) is 2.97. The first-order valence-corrected chi connectivity index (χ1v) is 9.64. The highest BCUT2D eigenvalue weighted by atomic mass is 32.2. The van der Waals surface area contributed by atoms with Crippen LogP contribution in [0, 0.1) is 6.92 Å². The number of nitrogens with zero attached hydrogens (tertiary/aromatic N) is 1. The first kappa shape index (κ1) is 20.6. The van der Waals surface area contributed by atoms with E-state index in [1.807, 2.05) is 31.2 Å². The molecule has 3 rings (SSSR count). The Morgan fingerprint density at radius 3 is 2.28 bits per heavy atom. The van der Waals surface area contributed by atoms with Gasteiger partial charge in [-0.25, -0.2) is 0 Å². The molecule has 2 aromatic carbocycles. The van der Waals surface area contributed by atoms with Crippen LogP contribution in [-0.4, -0.2) is 48.5 Å². The number of aryl methyl sites for hydroxylation is 1. The second-order valence-corrected chi connectivity index (χ2v) is 7.26. The van der Waals surface area contributed by atoms with Crippen molar-refractivity contribution in [1.29, 1.82) is 0 Å². The molecule has 152 valence electrons. The summed E-state index contributed by atoms with van der Waals surface area (Å²) in [4.78, 5) is 26.3. The van der Waals surface area contributed by atoms with Crippen LogP contribution >= 0.6 is 11.8 Å². The second kappa shape index (κ2) is 8.91. The highest BCUT2D eigenvalue weighted by molar-refractivity contribution is 8.18. The monoisotopic (exact) mass is 415 g/mol. The fourth-order valence-corrected chi connectivity index (χ4v) is 3.60. The van der Waals surface area contributed by atoms with E-state index in [1.54, 1.807) is 18.2 Å². The number of imide groups is 1. The summed E-state index contributed by atoms with van der Waals surface area (Å²) < 4.78 is 15.8. The zero-order chi connectivity index (χ0) is 21.0. The Kier molecular flexibility index (Phi) is 6.33. The van der Waals surface area contributed by atoms with Crippen molar-refractivity contribution >= 4 is 29.0 Å². The molecule has 0 aromatic heterocycles. The lowest BCUT2D eigenvalue weighted by Crippen LogP contribution is -2.32. The van der Waals surface area contributed by atoms with Gasteiger partial charge in [0.2, 0.25) is 5.75 Å². The number of ether oxygens (including phenoxy) is 3. The van der Waals surface area contributed by atoms with Gasteiger partial charge in [0.25, 0.3) is 11.1 Å². The van der Waals surface area contributed by atoms with Gasteiger partial charge in [0.15, 0.2) is 11.5 Å². The van der Waals surface area contributed by atoms with E-state index in [0.29, 0.717) is 11.3 Å². The molecule has 0 unspecified atom stereocenters. The summed E-state index contributed by atoms with van der Waals surface area (Å²) in [5.74, 6) is 0.580. The molecule has 1 saturated heterocycles. The van der Waals surface area contributed by atoms with E-state index in [0.717, 1.165) is 22.2 Å². The van der Waals surface area contributed by atoms with Crippen molar-refractivity contribution in [2.45, 2.75) is 6.92 Å². The average molecular weight is 415 g/mol. The van der Waals surface area contributed by atoms with Gasteiger partial charge >= 0.3 is 0 Å². The molecule has 2 aromatic rings. The zero-order valence-corrected chi connectivity index (χ0v) is 17.1. The number of amides is 2. The van der Waals surface area contributed by atoms with Crippen LogP contribution < -0.4 is 14.2 Å². The molecule has 0 atom stereocenters. The third kappa shape index (κ3) is 4.65. The van der Waals surface area contributed by atoms with Crippen LogP contribution in [0.5, 0.6) is 23.0 Å². The van der Waals surface area contributed by atoms with Crippen molar-refractivity contribution in [2.75, 3.05) is 27.4 Å². The zero-order valence-electron chi connectivity index (χ0n) is 16.3. The van der Waals surface area contributed by atoms with E-state index in [2.05, 4.69) is 0 Å². The van der Waals surface area contributed by atoms with Gasteiger partial charge in [-0.1, -0.05) is 17.7 Å². The van der Waals surface area contributed by atoms with Gasteiger partial charge in [0.1, 0.15) is 12.4 Å². The highest BCUT2D eigenvalue weighted by Crippen LogP contribution is 2.39. The van der Waals surface area contributed by atoms with Crippen molar-refractivity contribution in [3.63, 3.8) is 0 Å². The largest absolute Gasteiger partial charge is 0.502 e. The lowest BCUT2D eigenvalue weighted by molar-refractivity contribution is -0.123. The number of hydrogen-bond donors (Lipinski definition) is 1. The molecular formula is C21H21NO6S. The smallest absolute Gasteiger partial charge is 0.293 e. The Balaban J connectivity index is 1.70. The quantitative estimate of drug-likeness (QED) is 0.688. The van der Waals surface area contributed by atoms with Crippen LogP contribution in [0.2, 0.25) is 0 Å². The van der Waals surface area contributed by atoms with Crippen LogP contribution in [-0.2, 0) is 4.79 Å². The minimum Gasteiger partial charge on any atom is -0.502 e. The molecule has 2 amide bonds. The van der Waals surface area contributed by atoms with Crippen LogP contribution in [0.15, 0.2) is 41.3 Å². The molecule has 0 saturated carbocycles. The Morgan fingerprint density at radius 1 is 1.07 bits per heavy atom. The summed E-state index contributed by atoms with van der Waals surface area (Å²) in [6.45, 7) is 2.34. The Bertz CT molecular complexity index is 929. The van der Waals surface area contributed by atoms with Crippen LogP contribution in [0.1, 0.15) is 11.1 Å². The topological polar surface area (TPSA) is 85.3 Å². The molecule has 1 heterocycles. The van der Waals surface area contributed by atoms with Gasteiger partial charge in [-0.15, -0.1) is 0 Å². The third-order valence-corrected chi connectivity index (χ3v) is 5.19. The molecule has 1 aliphatic heterocycles. The standard InChI is InChI=1S/C21H21NO6S/c1-13-4-6-15(7-5-13)28-9-8-22-20(24)18(29-21(22)25)12-14-10-16(26-2)19(23)17(11-14)27-3/h4-7,10-12,23H,8-9H2,1-3H3/b18-12-. The molecule has 0 aliphatic carbocycles. The molecule has 29 heavy (non-hydrogen) atoms. The predicted octanol–water partition coefficient (Wildman–Crippen LogP) is 3.83. The summed E-state index contributed by atoms with van der Waals surface area (Å²) in [5.41, 5.74) is 1.69. The minimum atomic E-state index is -0.390. The summed E-state index contributed by atoms with van der Waals surface area (Å²) in [7, 11) is 2.83. The van der Waals surface area contributed by atoms with E-state index in [-0.39, 0.29) is 40.5 Å². The number of carbonyl (C=O) groups is 2. The lowest BCUT2D eigenvalue weighted by Gasteiger charge is -2.13. The number of methoxy groups -OCH3 is 2. The van der Waals surface area contributed by atoms with E-state index in [9.17, 15) is 14.7 Å². The van der Waals surface area contributed by atoms with E-state index in [1.165, 1.54) is 14.2 Å². The van der Waals surface area contributed by atoms with Gasteiger partial charge in [0, 0.05) is 0 Å². The van der Waals surface area contributed by atoms with Crippen molar-refractivity contribution in [3.8, 4) is 23.0 Å². The van der Waals surface area contributed by atoms with Crippen molar-refractivity contribution in [3.05, 3.63) is 52.4 Å². The molecule has 0 bridgehead atoms. The molecule has 1 N–H and O–H groups in total. The maximum absolute atomic E-state index is 12.6. The number of rotatable bonds is 7. The lowest BCUT2D eigenvalue weighted by atomic mass is 10.1. The maximum atomic E-state index is 12.6. The number of aromatic hydroxyl groups is 1. The summed E-state index contributed by atoms with van der Waals surface area (Å²) in [6.07, 6.45) is 1.57. The molecule has 0 spiro atoms. The number of benzene rings is 2. The van der Waals surface area contributed by atoms with Crippen LogP contribution in [0.3, 0.4) is 0 Å². The highest BCUT2D eigenvalue weighted by Gasteiger charge is 2.34. The Labute approximate surface area is 172 Å². The van der Waals surface area contributed by atoms with Gasteiger partial charge in [-0.2, -0.15) is 0 Å². The van der Waals surface area contributed by atoms with E-state index >= 15 is 0 Å². The summed E-state index contributed by atoms with van der Waals surface area (Å²) in [5, 5.41) is 9.64. The first-order valence-electron chi connectivity index (χ1n) is 8.82. The van der Waals surface area contributed by atoms with E-state index < -0.39 is 5.91 Å². The minimum absolute atomic E-state index is 0.131. The maximum Gasteiger partial charge on any atom is 0.293 e. The van der Waals surface area contributed by atoms with E-state index in [4.69, 9.17) is 14.2 Å². The van der Waals surface area contributed by atoms with Crippen LogP contribution in [0.4, 0.5) is 4.79 Å². The SMILES string of the molecule is COc1cc(/C=C2\SC(=O)N(CCOc3ccc(C)cc3)C2=O)cc(OC)c1O. The fraction of sp³-hybridized carbons (Fsp3) is 0.238. The summed E-state index contributed by atoms with van der Waals surface area (Å²) >= 11 is 0.855. The fourth-order valence-electron chi connectivity index (χ4n) is 2.73. The van der Waals surface area contributed by atoms with Crippen molar-refractivity contribution in [2.24, 2.45) is 0 Å². The van der Waals surface area contributed by atoms with Gasteiger partial charge in [-0.3, -0.25) is 14.5 Å². The van der Waals surface area contributed by atoms with Gasteiger partial charge < -0.3 is 19.3 Å². The molecule has 8 heteroatoms. The number of carbonyl (C=O) groups excluding carboxylic acids is 2. The number of hydrogen-bond acceptors (Lipinski definition) is 7. The number of phenols is 1. The second-order valence-electron chi connectivity index (χ2n) is 6.27. The first-order chi connectivity index (χ1) is 13.9. The molecule has 1 aliphatic rings. The molecule has 0 radical (unpaired) electrons. The van der Waals surface area contributed by atoms with Crippen molar-refractivity contribution < 1.29 is 28.9 Å². The molecule has 7 nitrogen and oxygen atoms in total. The van der Waals surface area contributed by atoms with Gasteiger partial charge in [0.05, 0.1) is 25.7 Å². The third-order valence-electron chi connectivity index (χ3n) is 4.28. The normalized spacial score (nSPS) is 15.1. The number of phenolic OH excluding ortho intramolecular Hbond substituents is 1. The van der Waals surface area contributed by atoms with Gasteiger partial charge in [-0.05, 0) is 54.6 Å². The molecule has 1 fully saturated rings. The Morgan fingerprint density at radius 2 is 1.69 bits per heavy atom.